The fourth-order valence-corrected chi connectivity index (χ4v) is 1.87. The molecule has 0 aliphatic carbocycles. The van der Waals surface area contributed by atoms with Crippen molar-refractivity contribution >= 4 is 23.5 Å². The smallest absolute Gasteiger partial charge is 0.329 e. The summed E-state index contributed by atoms with van der Waals surface area (Å²) in [6.07, 6.45) is 0. The molecule has 104 valence electrons. The van der Waals surface area contributed by atoms with E-state index in [-0.39, 0.29) is 17.1 Å². The molecule has 1 aromatic carbocycles. The zero-order valence-corrected chi connectivity index (χ0v) is 11.7. The average Bonchev–Trinajstić information content (AvgIpc) is 2.32. The lowest BCUT2D eigenvalue weighted by molar-refractivity contribution is -0.147. The molecule has 0 aliphatic rings. The van der Waals surface area contributed by atoms with Crippen LogP contribution >= 0.6 is 11.6 Å². The van der Waals surface area contributed by atoms with E-state index < -0.39 is 23.2 Å². The topological polar surface area (TPSA) is 57.6 Å². The van der Waals surface area contributed by atoms with Crippen LogP contribution in [0.2, 0.25) is 5.02 Å². The van der Waals surface area contributed by atoms with E-state index in [2.05, 4.69) is 0 Å². The molecule has 1 amide bonds. The molecule has 0 saturated carbocycles. The summed E-state index contributed by atoms with van der Waals surface area (Å²) in [5, 5.41) is 8.99. The highest BCUT2D eigenvalue weighted by atomic mass is 35.5. The monoisotopic (exact) mass is 287 g/mol. The molecule has 0 fully saturated rings. The van der Waals surface area contributed by atoms with E-state index in [1.165, 1.54) is 30.9 Å². The highest BCUT2D eigenvalue weighted by Gasteiger charge is 2.37. The SMILES string of the molecule is CCN(C(=O)c1ccc(F)c(Cl)c1)C(C)(C)C(=O)O. The molecule has 0 saturated heterocycles. The van der Waals surface area contributed by atoms with Crippen molar-refractivity contribution in [2.45, 2.75) is 26.3 Å². The lowest BCUT2D eigenvalue weighted by Gasteiger charge is -2.34. The number of halogens is 2. The Morgan fingerprint density at radius 1 is 1.42 bits per heavy atom. The molecule has 0 heterocycles. The summed E-state index contributed by atoms with van der Waals surface area (Å²) in [5.74, 6) is -2.24. The summed E-state index contributed by atoms with van der Waals surface area (Å²) < 4.78 is 13.1. The van der Waals surface area contributed by atoms with Crippen LogP contribution in [0.4, 0.5) is 4.39 Å². The van der Waals surface area contributed by atoms with Crippen molar-refractivity contribution in [1.82, 2.24) is 4.90 Å². The van der Waals surface area contributed by atoms with Gasteiger partial charge in [0.2, 0.25) is 0 Å². The van der Waals surface area contributed by atoms with Gasteiger partial charge in [0.05, 0.1) is 5.02 Å². The first-order valence-electron chi connectivity index (χ1n) is 5.72. The number of benzene rings is 1. The van der Waals surface area contributed by atoms with Gasteiger partial charge in [0.15, 0.2) is 0 Å². The maximum Gasteiger partial charge on any atom is 0.329 e. The first-order valence-corrected chi connectivity index (χ1v) is 6.10. The zero-order chi connectivity index (χ0) is 14.8. The van der Waals surface area contributed by atoms with Gasteiger partial charge in [-0.05, 0) is 39.0 Å². The van der Waals surface area contributed by atoms with Gasteiger partial charge >= 0.3 is 5.97 Å². The Morgan fingerprint density at radius 3 is 2.42 bits per heavy atom. The first kappa shape index (κ1) is 15.4. The number of amides is 1. The van der Waals surface area contributed by atoms with E-state index in [9.17, 15) is 14.0 Å². The van der Waals surface area contributed by atoms with Gasteiger partial charge in [-0.25, -0.2) is 9.18 Å². The Bertz CT molecular complexity index is 517. The minimum absolute atomic E-state index is 0.155. The number of nitrogens with zero attached hydrogens (tertiary/aromatic N) is 1. The molecule has 0 bridgehead atoms. The number of hydrogen-bond donors (Lipinski definition) is 1. The molecule has 0 aliphatic heterocycles. The number of carbonyl (C=O) groups excluding carboxylic acids is 1. The van der Waals surface area contributed by atoms with Crippen LogP contribution < -0.4 is 0 Å². The predicted octanol–water partition coefficient (Wildman–Crippen LogP) is 2.80. The van der Waals surface area contributed by atoms with Gasteiger partial charge in [-0.15, -0.1) is 0 Å². The standard InChI is InChI=1S/C13H15ClFNO3/c1-4-16(13(2,3)12(18)19)11(17)8-5-6-10(15)9(14)7-8/h5-7H,4H2,1-3H3,(H,18,19). The van der Waals surface area contributed by atoms with Gasteiger partial charge in [-0.3, -0.25) is 4.79 Å². The van der Waals surface area contributed by atoms with E-state index >= 15 is 0 Å². The Labute approximate surface area is 115 Å². The third-order valence-electron chi connectivity index (χ3n) is 2.93. The maximum absolute atomic E-state index is 13.1. The molecule has 1 N–H and O–H groups in total. The fraction of sp³-hybridized carbons (Fsp3) is 0.385. The van der Waals surface area contributed by atoms with E-state index in [1.54, 1.807) is 6.92 Å². The van der Waals surface area contributed by atoms with Gasteiger partial charge in [0.25, 0.3) is 5.91 Å². The number of hydrogen-bond acceptors (Lipinski definition) is 2. The van der Waals surface area contributed by atoms with Crippen LogP contribution in [0.5, 0.6) is 0 Å². The molecular formula is C13H15ClFNO3. The third kappa shape index (κ3) is 3.04. The van der Waals surface area contributed by atoms with Crippen LogP contribution in [-0.4, -0.2) is 34.0 Å². The van der Waals surface area contributed by atoms with E-state index in [1.807, 2.05) is 0 Å². The number of carboxylic acids is 1. The van der Waals surface area contributed by atoms with Gasteiger partial charge in [0.1, 0.15) is 11.4 Å². The molecule has 0 radical (unpaired) electrons. The Kier molecular flexibility index (Phi) is 4.52. The second-order valence-electron chi connectivity index (χ2n) is 4.54. The van der Waals surface area contributed by atoms with Crippen molar-refractivity contribution in [3.8, 4) is 0 Å². The molecule has 1 aromatic rings. The van der Waals surface area contributed by atoms with E-state index in [0.717, 1.165) is 6.07 Å². The second kappa shape index (κ2) is 5.57. The van der Waals surface area contributed by atoms with Crippen molar-refractivity contribution in [2.24, 2.45) is 0 Å². The largest absolute Gasteiger partial charge is 0.480 e. The van der Waals surface area contributed by atoms with Gasteiger partial charge in [-0.1, -0.05) is 11.6 Å². The van der Waals surface area contributed by atoms with Crippen molar-refractivity contribution in [1.29, 1.82) is 0 Å². The average molecular weight is 288 g/mol. The molecule has 0 aromatic heterocycles. The summed E-state index contributed by atoms with van der Waals surface area (Å²) in [7, 11) is 0. The highest BCUT2D eigenvalue weighted by Crippen LogP contribution is 2.21. The van der Waals surface area contributed by atoms with Crippen molar-refractivity contribution in [3.63, 3.8) is 0 Å². The molecule has 1 rings (SSSR count). The molecular weight excluding hydrogens is 273 g/mol. The van der Waals surface area contributed by atoms with Crippen molar-refractivity contribution < 1.29 is 19.1 Å². The predicted molar refractivity (Wildman–Crippen MR) is 69.8 cm³/mol. The minimum atomic E-state index is -1.35. The normalized spacial score (nSPS) is 11.2. The lowest BCUT2D eigenvalue weighted by atomic mass is 10.0. The van der Waals surface area contributed by atoms with Gasteiger partial charge < -0.3 is 10.0 Å². The van der Waals surface area contributed by atoms with Crippen LogP contribution in [0.1, 0.15) is 31.1 Å². The van der Waals surface area contributed by atoms with Gasteiger partial charge in [0, 0.05) is 12.1 Å². The van der Waals surface area contributed by atoms with Gasteiger partial charge in [-0.2, -0.15) is 0 Å². The molecule has 0 spiro atoms. The number of aliphatic carboxylic acids is 1. The second-order valence-corrected chi connectivity index (χ2v) is 4.95. The fourth-order valence-electron chi connectivity index (χ4n) is 1.69. The van der Waals surface area contributed by atoms with Crippen LogP contribution in [-0.2, 0) is 4.79 Å². The van der Waals surface area contributed by atoms with Crippen molar-refractivity contribution in [3.05, 3.63) is 34.6 Å². The number of carbonyl (C=O) groups is 2. The van der Waals surface area contributed by atoms with E-state index in [0.29, 0.717) is 0 Å². The maximum atomic E-state index is 13.1. The highest BCUT2D eigenvalue weighted by molar-refractivity contribution is 6.31. The molecule has 6 heteroatoms. The summed E-state index contributed by atoms with van der Waals surface area (Å²) in [6, 6.07) is 3.56. The van der Waals surface area contributed by atoms with Crippen LogP contribution in [0, 0.1) is 5.82 Å². The number of carboxylic acid groups (broad SMARTS) is 1. The molecule has 19 heavy (non-hydrogen) atoms. The summed E-state index contributed by atoms with van der Waals surface area (Å²) in [4.78, 5) is 24.7. The summed E-state index contributed by atoms with van der Waals surface area (Å²) >= 11 is 5.62. The first-order chi connectivity index (χ1) is 8.71. The minimum Gasteiger partial charge on any atom is -0.480 e. The Hall–Kier alpha value is -1.62. The lowest BCUT2D eigenvalue weighted by Crippen LogP contribution is -2.52. The number of likely N-dealkylation sites (N-methyl/N-ethyl adjacent to an activating group) is 1. The van der Waals surface area contributed by atoms with Crippen LogP contribution in [0.15, 0.2) is 18.2 Å². The Balaban J connectivity index is 3.15. The van der Waals surface area contributed by atoms with Crippen molar-refractivity contribution in [2.75, 3.05) is 6.54 Å². The molecule has 0 unspecified atom stereocenters. The quantitative estimate of drug-likeness (QED) is 0.926. The Morgan fingerprint density at radius 2 is 2.00 bits per heavy atom. The number of rotatable bonds is 4. The summed E-state index contributed by atoms with van der Waals surface area (Å²) in [5.41, 5.74) is -1.20. The molecule has 4 nitrogen and oxygen atoms in total. The zero-order valence-electron chi connectivity index (χ0n) is 10.9. The van der Waals surface area contributed by atoms with Crippen LogP contribution in [0.25, 0.3) is 0 Å². The van der Waals surface area contributed by atoms with E-state index in [4.69, 9.17) is 16.7 Å². The van der Waals surface area contributed by atoms with Crippen LogP contribution in [0.3, 0.4) is 0 Å². The molecule has 0 atom stereocenters. The third-order valence-corrected chi connectivity index (χ3v) is 3.22. The summed E-state index contributed by atoms with van der Waals surface area (Å²) in [6.45, 7) is 4.75.